The molecule has 0 amide bonds. The van der Waals surface area contributed by atoms with E-state index in [2.05, 4.69) is 43.3 Å². The van der Waals surface area contributed by atoms with E-state index in [9.17, 15) is 5.21 Å². The summed E-state index contributed by atoms with van der Waals surface area (Å²) in [7, 11) is 1.73. The van der Waals surface area contributed by atoms with Crippen LogP contribution in [0.3, 0.4) is 0 Å². The molecule has 3 atom stereocenters. The van der Waals surface area contributed by atoms with Crippen molar-refractivity contribution in [3.05, 3.63) is 28.8 Å². The van der Waals surface area contributed by atoms with E-state index in [0.29, 0.717) is 18.1 Å². The van der Waals surface area contributed by atoms with Gasteiger partial charge in [0.1, 0.15) is 5.75 Å². The predicted octanol–water partition coefficient (Wildman–Crippen LogP) is 3.35. The lowest BCUT2D eigenvalue weighted by molar-refractivity contribution is 0.0293. The van der Waals surface area contributed by atoms with Gasteiger partial charge in [0, 0.05) is 24.2 Å². The largest absolute Gasteiger partial charge is 0.496 e. The highest BCUT2D eigenvalue weighted by molar-refractivity contribution is 5.44. The van der Waals surface area contributed by atoms with Crippen LogP contribution in [0.1, 0.15) is 55.3 Å². The van der Waals surface area contributed by atoms with Crippen molar-refractivity contribution in [2.75, 3.05) is 7.11 Å². The van der Waals surface area contributed by atoms with Gasteiger partial charge in [0.05, 0.1) is 7.11 Å². The molecule has 4 heteroatoms. The van der Waals surface area contributed by atoms with E-state index in [-0.39, 0.29) is 6.04 Å². The minimum absolute atomic E-state index is 0.264. The number of methoxy groups -OCH3 is 1. The molecule has 0 aromatic heterocycles. The average molecular weight is 304 g/mol. The molecule has 2 bridgehead atoms. The number of piperidine rings is 1. The SMILES string of the molecule is COc1ccc(C(C)N2C3CCC2CC(NO)C3)c(C)c1C. The summed E-state index contributed by atoms with van der Waals surface area (Å²) in [6, 6.07) is 6.17. The van der Waals surface area contributed by atoms with Crippen molar-refractivity contribution in [2.24, 2.45) is 0 Å². The highest BCUT2D eigenvalue weighted by Crippen LogP contribution is 2.42. The van der Waals surface area contributed by atoms with Crippen LogP contribution in [0.2, 0.25) is 0 Å². The number of hydrogen-bond acceptors (Lipinski definition) is 4. The molecule has 3 unspecified atom stereocenters. The molecule has 0 spiro atoms. The highest BCUT2D eigenvalue weighted by Gasteiger charge is 2.43. The Morgan fingerprint density at radius 1 is 1.18 bits per heavy atom. The van der Waals surface area contributed by atoms with Crippen LogP contribution in [0.4, 0.5) is 0 Å². The van der Waals surface area contributed by atoms with Gasteiger partial charge in [-0.25, -0.2) is 5.48 Å². The van der Waals surface area contributed by atoms with E-state index in [0.717, 1.165) is 18.6 Å². The summed E-state index contributed by atoms with van der Waals surface area (Å²) in [4.78, 5) is 2.68. The second-order valence-corrected chi connectivity index (χ2v) is 6.91. The standard InChI is InChI=1S/C18H28N2O2/c1-11-12(2)18(22-4)8-7-17(11)13(3)20-15-5-6-16(20)10-14(9-15)19-21/h7-8,13-16,19,21H,5-6,9-10H2,1-4H3. The Morgan fingerprint density at radius 3 is 2.36 bits per heavy atom. The normalized spacial score (nSPS) is 29.6. The van der Waals surface area contributed by atoms with Crippen LogP contribution in [0.5, 0.6) is 5.75 Å². The third-order valence-corrected chi connectivity index (χ3v) is 5.87. The third-order valence-electron chi connectivity index (χ3n) is 5.87. The average Bonchev–Trinajstić information content (AvgIpc) is 2.79. The van der Waals surface area contributed by atoms with Gasteiger partial charge in [-0.2, -0.15) is 0 Å². The predicted molar refractivity (Wildman–Crippen MR) is 87.5 cm³/mol. The molecule has 22 heavy (non-hydrogen) atoms. The fourth-order valence-electron chi connectivity index (χ4n) is 4.60. The van der Waals surface area contributed by atoms with Crippen molar-refractivity contribution in [1.82, 2.24) is 10.4 Å². The van der Waals surface area contributed by atoms with Gasteiger partial charge in [-0.1, -0.05) is 6.07 Å². The van der Waals surface area contributed by atoms with Crippen LogP contribution in [0.15, 0.2) is 12.1 Å². The van der Waals surface area contributed by atoms with Crippen molar-refractivity contribution in [3.63, 3.8) is 0 Å². The first kappa shape index (κ1) is 15.8. The molecule has 2 aliphatic heterocycles. The molecule has 2 aliphatic rings. The van der Waals surface area contributed by atoms with Crippen LogP contribution in [0.25, 0.3) is 0 Å². The summed E-state index contributed by atoms with van der Waals surface area (Å²) in [5.41, 5.74) is 6.49. The fraction of sp³-hybridized carbons (Fsp3) is 0.667. The highest BCUT2D eigenvalue weighted by atomic mass is 16.5. The number of ether oxygens (including phenoxy) is 1. The Morgan fingerprint density at radius 2 is 1.82 bits per heavy atom. The second-order valence-electron chi connectivity index (χ2n) is 6.91. The van der Waals surface area contributed by atoms with E-state index in [1.165, 1.54) is 29.5 Å². The van der Waals surface area contributed by atoms with Crippen LogP contribution in [0, 0.1) is 13.8 Å². The van der Waals surface area contributed by atoms with Crippen molar-refractivity contribution in [3.8, 4) is 5.75 Å². The maximum Gasteiger partial charge on any atom is 0.122 e. The van der Waals surface area contributed by atoms with Crippen molar-refractivity contribution >= 4 is 0 Å². The minimum Gasteiger partial charge on any atom is -0.496 e. The Labute approximate surface area is 133 Å². The number of nitrogens with one attached hydrogen (secondary N) is 1. The minimum atomic E-state index is 0.264. The smallest absolute Gasteiger partial charge is 0.122 e. The molecule has 1 aromatic carbocycles. The van der Waals surface area contributed by atoms with Gasteiger partial charge in [0.2, 0.25) is 0 Å². The van der Waals surface area contributed by atoms with Gasteiger partial charge in [0.15, 0.2) is 0 Å². The zero-order valence-corrected chi connectivity index (χ0v) is 14.1. The third kappa shape index (κ3) is 2.53. The molecule has 2 saturated heterocycles. The van der Waals surface area contributed by atoms with Crippen molar-refractivity contribution in [2.45, 2.75) is 70.6 Å². The van der Waals surface area contributed by atoms with Crippen LogP contribution < -0.4 is 10.2 Å². The van der Waals surface area contributed by atoms with E-state index >= 15 is 0 Å². The number of hydroxylamine groups is 1. The Balaban J connectivity index is 1.86. The number of benzene rings is 1. The van der Waals surface area contributed by atoms with Gasteiger partial charge < -0.3 is 9.94 Å². The summed E-state index contributed by atoms with van der Waals surface area (Å²) in [5.74, 6) is 0.972. The lowest BCUT2D eigenvalue weighted by Crippen LogP contribution is -2.49. The summed E-state index contributed by atoms with van der Waals surface area (Å²) < 4.78 is 5.44. The first-order valence-corrected chi connectivity index (χ1v) is 8.38. The molecule has 0 saturated carbocycles. The van der Waals surface area contributed by atoms with Gasteiger partial charge in [0.25, 0.3) is 0 Å². The molecule has 4 nitrogen and oxygen atoms in total. The monoisotopic (exact) mass is 304 g/mol. The summed E-state index contributed by atoms with van der Waals surface area (Å²) in [6.07, 6.45) is 4.60. The zero-order valence-electron chi connectivity index (χ0n) is 14.1. The first-order chi connectivity index (χ1) is 10.6. The maximum atomic E-state index is 9.25. The molecule has 2 fully saturated rings. The number of nitrogens with zero attached hydrogens (tertiary/aromatic N) is 1. The second kappa shape index (κ2) is 6.19. The molecule has 122 valence electrons. The molecular weight excluding hydrogens is 276 g/mol. The Bertz CT molecular complexity index is 532. The first-order valence-electron chi connectivity index (χ1n) is 8.38. The van der Waals surface area contributed by atoms with Crippen molar-refractivity contribution < 1.29 is 9.94 Å². The fourth-order valence-corrected chi connectivity index (χ4v) is 4.60. The number of rotatable bonds is 4. The Hall–Kier alpha value is -1.10. The molecule has 1 aromatic rings. The van der Waals surface area contributed by atoms with E-state index in [4.69, 9.17) is 4.74 Å². The maximum absolute atomic E-state index is 9.25. The van der Waals surface area contributed by atoms with Crippen LogP contribution in [-0.4, -0.2) is 35.3 Å². The van der Waals surface area contributed by atoms with Gasteiger partial charge >= 0.3 is 0 Å². The molecule has 3 rings (SSSR count). The quantitative estimate of drug-likeness (QED) is 0.837. The lowest BCUT2D eigenvalue weighted by Gasteiger charge is -2.42. The molecule has 2 N–H and O–H groups in total. The van der Waals surface area contributed by atoms with E-state index in [1.54, 1.807) is 7.11 Å². The Kier molecular flexibility index (Phi) is 4.44. The molecule has 2 heterocycles. The lowest BCUT2D eigenvalue weighted by atomic mass is 9.91. The van der Waals surface area contributed by atoms with Crippen LogP contribution >= 0.6 is 0 Å². The summed E-state index contributed by atoms with van der Waals surface area (Å²) in [6.45, 7) is 6.67. The van der Waals surface area contributed by atoms with Gasteiger partial charge in [-0.3, -0.25) is 4.90 Å². The number of hydrogen-bond donors (Lipinski definition) is 2. The molecule has 0 radical (unpaired) electrons. The van der Waals surface area contributed by atoms with E-state index < -0.39 is 0 Å². The summed E-state index contributed by atoms with van der Waals surface area (Å²) in [5, 5.41) is 9.25. The molecular formula is C18H28N2O2. The molecule has 0 aliphatic carbocycles. The zero-order chi connectivity index (χ0) is 15.9. The van der Waals surface area contributed by atoms with E-state index in [1.807, 2.05) is 0 Å². The summed E-state index contributed by atoms with van der Waals surface area (Å²) >= 11 is 0. The van der Waals surface area contributed by atoms with Gasteiger partial charge in [-0.15, -0.1) is 0 Å². The van der Waals surface area contributed by atoms with Crippen LogP contribution in [-0.2, 0) is 0 Å². The number of fused-ring (bicyclic) bond motifs is 2. The van der Waals surface area contributed by atoms with Crippen molar-refractivity contribution in [1.29, 1.82) is 0 Å². The van der Waals surface area contributed by atoms with Gasteiger partial charge in [-0.05, 0) is 69.2 Å². The topological polar surface area (TPSA) is 44.7 Å².